The predicted octanol–water partition coefficient (Wildman–Crippen LogP) is 1.91. The molecule has 3 N–H and O–H groups in total. The van der Waals surface area contributed by atoms with Crippen molar-refractivity contribution in [1.82, 2.24) is 9.55 Å². The molecule has 0 saturated heterocycles. The normalized spacial score (nSPS) is 11.3. The quantitative estimate of drug-likeness (QED) is 0.795. The summed E-state index contributed by atoms with van der Waals surface area (Å²) in [6.45, 7) is 5.74. The summed E-state index contributed by atoms with van der Waals surface area (Å²) in [6, 6.07) is 3.45. The van der Waals surface area contributed by atoms with Crippen molar-refractivity contribution in [3.63, 3.8) is 0 Å². The minimum Gasteiger partial charge on any atom is -0.398 e. The highest BCUT2D eigenvalue weighted by molar-refractivity contribution is 5.91. The topological polar surface area (TPSA) is 80.9 Å². The number of imidazole rings is 1. The summed E-state index contributed by atoms with van der Waals surface area (Å²) < 4.78 is 1.20. The smallest absolute Gasteiger partial charge is 0.333 e. The van der Waals surface area contributed by atoms with Gasteiger partial charge in [-0.05, 0) is 30.5 Å². The van der Waals surface area contributed by atoms with E-state index in [1.54, 1.807) is 12.1 Å². The number of anilines is 1. The van der Waals surface area contributed by atoms with Crippen molar-refractivity contribution < 1.29 is 4.79 Å². The van der Waals surface area contributed by atoms with E-state index in [0.717, 1.165) is 5.56 Å². The summed E-state index contributed by atoms with van der Waals surface area (Å²) in [4.78, 5) is 26.5. The number of H-pyrrole nitrogens is 1. The van der Waals surface area contributed by atoms with E-state index in [2.05, 4.69) is 4.98 Å². The van der Waals surface area contributed by atoms with E-state index in [0.29, 0.717) is 23.1 Å². The van der Waals surface area contributed by atoms with Gasteiger partial charge in [-0.2, -0.15) is 0 Å². The molecule has 5 nitrogen and oxygen atoms in total. The number of rotatable bonds is 2. The number of nitrogens with zero attached hydrogens (tertiary/aromatic N) is 1. The summed E-state index contributed by atoms with van der Waals surface area (Å²) >= 11 is 0. The Hall–Kier alpha value is -2.04. The van der Waals surface area contributed by atoms with Crippen LogP contribution in [-0.4, -0.2) is 15.5 Å². The number of hydrogen-bond donors (Lipinski definition) is 2. The maximum Gasteiger partial charge on any atom is 0.333 e. The van der Waals surface area contributed by atoms with Crippen LogP contribution in [0.15, 0.2) is 16.9 Å². The Kier molecular flexibility index (Phi) is 2.98. The van der Waals surface area contributed by atoms with E-state index in [4.69, 9.17) is 5.73 Å². The van der Waals surface area contributed by atoms with Crippen molar-refractivity contribution in [2.45, 2.75) is 27.2 Å². The van der Waals surface area contributed by atoms with Crippen molar-refractivity contribution in [3.8, 4) is 0 Å². The third-order valence-electron chi connectivity index (χ3n) is 2.90. The Balaban J connectivity index is 2.64. The monoisotopic (exact) mass is 247 g/mol. The largest absolute Gasteiger partial charge is 0.398 e. The molecule has 0 bridgehead atoms. The lowest BCUT2D eigenvalue weighted by Gasteiger charge is -2.06. The summed E-state index contributed by atoms with van der Waals surface area (Å²) in [5, 5.41) is 0. The van der Waals surface area contributed by atoms with Crippen LogP contribution in [0.3, 0.4) is 0 Å². The Labute approximate surface area is 105 Å². The molecule has 2 aromatic rings. The first kappa shape index (κ1) is 12.4. The van der Waals surface area contributed by atoms with Gasteiger partial charge in [0.15, 0.2) is 0 Å². The fourth-order valence-corrected chi connectivity index (χ4v) is 1.96. The average Bonchev–Trinajstić information content (AvgIpc) is 2.53. The number of aryl methyl sites for hydroxylation is 1. The van der Waals surface area contributed by atoms with Gasteiger partial charge in [0, 0.05) is 12.1 Å². The summed E-state index contributed by atoms with van der Waals surface area (Å²) in [6.07, 6.45) is 0.344. The van der Waals surface area contributed by atoms with E-state index in [1.807, 2.05) is 20.8 Å². The summed E-state index contributed by atoms with van der Waals surface area (Å²) in [5.74, 6) is 0.0228. The number of nitrogen functional groups attached to an aromatic ring is 1. The Morgan fingerprint density at radius 1 is 1.44 bits per heavy atom. The second kappa shape index (κ2) is 4.33. The van der Waals surface area contributed by atoms with E-state index in [9.17, 15) is 9.59 Å². The van der Waals surface area contributed by atoms with Crippen molar-refractivity contribution in [3.05, 3.63) is 28.2 Å². The first-order valence-corrected chi connectivity index (χ1v) is 5.94. The minimum atomic E-state index is -0.402. The molecule has 0 fully saturated rings. The van der Waals surface area contributed by atoms with Crippen LogP contribution in [0.1, 0.15) is 30.6 Å². The van der Waals surface area contributed by atoms with Gasteiger partial charge in [0.2, 0.25) is 5.91 Å². The number of carbonyl (C=O) groups is 1. The molecular formula is C13H17N3O2. The molecule has 1 heterocycles. The number of fused-ring (bicyclic) bond motifs is 1. The number of aromatic nitrogens is 2. The van der Waals surface area contributed by atoms with E-state index >= 15 is 0 Å². The van der Waals surface area contributed by atoms with Gasteiger partial charge in [-0.1, -0.05) is 13.8 Å². The van der Waals surface area contributed by atoms with Gasteiger partial charge in [-0.15, -0.1) is 0 Å². The maximum atomic E-state index is 12.1. The van der Waals surface area contributed by atoms with Crippen LogP contribution in [0.4, 0.5) is 5.69 Å². The van der Waals surface area contributed by atoms with Gasteiger partial charge in [-0.3, -0.25) is 4.79 Å². The molecule has 1 aromatic carbocycles. The summed E-state index contributed by atoms with van der Waals surface area (Å²) in [7, 11) is 0. The van der Waals surface area contributed by atoms with E-state index < -0.39 is 5.69 Å². The molecule has 0 aliphatic heterocycles. The zero-order valence-corrected chi connectivity index (χ0v) is 10.8. The van der Waals surface area contributed by atoms with Crippen molar-refractivity contribution in [2.75, 3.05) is 5.73 Å². The molecule has 1 aromatic heterocycles. The molecule has 0 aliphatic carbocycles. The molecule has 0 radical (unpaired) electrons. The van der Waals surface area contributed by atoms with Crippen LogP contribution in [0, 0.1) is 12.8 Å². The van der Waals surface area contributed by atoms with Crippen LogP contribution in [0.5, 0.6) is 0 Å². The van der Waals surface area contributed by atoms with Gasteiger partial charge in [0.05, 0.1) is 11.0 Å². The number of nitrogens with two attached hydrogens (primary N) is 1. The molecule has 96 valence electrons. The molecule has 0 atom stereocenters. The van der Waals surface area contributed by atoms with Gasteiger partial charge < -0.3 is 10.7 Å². The zero-order chi connectivity index (χ0) is 13.4. The lowest BCUT2D eigenvalue weighted by atomic mass is 10.1. The predicted molar refractivity (Wildman–Crippen MR) is 71.8 cm³/mol. The molecule has 0 spiro atoms. The van der Waals surface area contributed by atoms with Gasteiger partial charge in [0.25, 0.3) is 0 Å². The lowest BCUT2D eigenvalue weighted by molar-refractivity contribution is 0.0888. The van der Waals surface area contributed by atoms with Crippen molar-refractivity contribution in [1.29, 1.82) is 0 Å². The van der Waals surface area contributed by atoms with Crippen LogP contribution >= 0.6 is 0 Å². The third-order valence-corrected chi connectivity index (χ3v) is 2.90. The molecule has 5 heteroatoms. The molecule has 2 rings (SSSR count). The minimum absolute atomic E-state index is 0.189. The molecule has 0 saturated carbocycles. The highest BCUT2D eigenvalue weighted by Gasteiger charge is 2.15. The zero-order valence-electron chi connectivity index (χ0n) is 10.8. The van der Waals surface area contributed by atoms with Crippen LogP contribution in [-0.2, 0) is 0 Å². The van der Waals surface area contributed by atoms with Gasteiger partial charge in [0.1, 0.15) is 0 Å². The fraction of sp³-hybridized carbons (Fsp3) is 0.385. The highest BCUT2D eigenvalue weighted by atomic mass is 16.2. The SMILES string of the molecule is Cc1cc2c(cc1N)[nH]c(=O)n2C(=O)CC(C)C. The number of benzene rings is 1. The number of aromatic amines is 1. The Bertz CT molecular complexity index is 665. The summed E-state index contributed by atoms with van der Waals surface area (Å²) in [5.41, 5.74) is 8.03. The second-order valence-corrected chi connectivity index (χ2v) is 4.98. The number of carbonyl (C=O) groups excluding carboxylic acids is 1. The second-order valence-electron chi connectivity index (χ2n) is 4.98. The Morgan fingerprint density at radius 3 is 2.72 bits per heavy atom. The third kappa shape index (κ3) is 2.03. The standard InChI is InChI=1S/C13H17N3O2/c1-7(2)4-12(17)16-11-5-8(3)9(14)6-10(11)15-13(16)18/h5-7H,4,14H2,1-3H3,(H,15,18). The molecule has 18 heavy (non-hydrogen) atoms. The first-order valence-electron chi connectivity index (χ1n) is 5.94. The molecule has 0 amide bonds. The molecule has 0 unspecified atom stereocenters. The van der Waals surface area contributed by atoms with Crippen LogP contribution < -0.4 is 11.4 Å². The van der Waals surface area contributed by atoms with E-state index in [1.165, 1.54) is 4.57 Å². The lowest BCUT2D eigenvalue weighted by Crippen LogP contribution is -2.25. The van der Waals surface area contributed by atoms with Crippen molar-refractivity contribution in [2.24, 2.45) is 5.92 Å². The van der Waals surface area contributed by atoms with Gasteiger partial charge >= 0.3 is 5.69 Å². The molecule has 0 aliphatic rings. The number of hydrogen-bond acceptors (Lipinski definition) is 3. The Morgan fingerprint density at radius 2 is 2.11 bits per heavy atom. The van der Waals surface area contributed by atoms with Gasteiger partial charge in [-0.25, -0.2) is 9.36 Å². The fourth-order valence-electron chi connectivity index (χ4n) is 1.96. The first-order chi connectivity index (χ1) is 8.40. The molecular weight excluding hydrogens is 230 g/mol. The van der Waals surface area contributed by atoms with Crippen LogP contribution in [0.25, 0.3) is 11.0 Å². The van der Waals surface area contributed by atoms with E-state index in [-0.39, 0.29) is 11.8 Å². The van der Waals surface area contributed by atoms with Crippen LogP contribution in [0.2, 0.25) is 0 Å². The maximum absolute atomic E-state index is 12.1. The van der Waals surface area contributed by atoms with Crippen molar-refractivity contribution >= 4 is 22.6 Å². The average molecular weight is 247 g/mol. The highest BCUT2D eigenvalue weighted by Crippen LogP contribution is 2.19. The number of nitrogens with one attached hydrogen (secondary N) is 1.